The molecule has 182 valence electrons. The molecule has 6 nitrogen and oxygen atoms in total. The van der Waals surface area contributed by atoms with Crippen molar-refractivity contribution in [2.75, 3.05) is 12.4 Å². The number of benzodiazepines with no additional fused rings is 1. The first-order valence-corrected chi connectivity index (χ1v) is 9.99. The summed E-state index contributed by atoms with van der Waals surface area (Å²) in [4.78, 5) is 29.1. The summed E-state index contributed by atoms with van der Waals surface area (Å²) in [6, 6.07) is 8.81. The van der Waals surface area contributed by atoms with Crippen molar-refractivity contribution in [1.82, 2.24) is 5.32 Å². The summed E-state index contributed by atoms with van der Waals surface area (Å²) in [6.45, 7) is 0. The highest BCUT2D eigenvalue weighted by molar-refractivity contribution is 6.20. The van der Waals surface area contributed by atoms with E-state index in [4.69, 9.17) is 4.74 Å². The van der Waals surface area contributed by atoms with E-state index in [1.165, 1.54) is 31.4 Å². The van der Waals surface area contributed by atoms with Crippen molar-refractivity contribution in [3.05, 3.63) is 59.2 Å². The van der Waals surface area contributed by atoms with Gasteiger partial charge in [0.15, 0.2) is 0 Å². The Hall–Kier alpha value is -3.57. The van der Waals surface area contributed by atoms with Crippen LogP contribution in [0, 0.1) is 0 Å². The lowest BCUT2D eigenvalue weighted by molar-refractivity contribution is -0.138. The number of alkyl halides is 6. The zero-order valence-corrected chi connectivity index (χ0v) is 17.7. The first kappa shape index (κ1) is 25.1. The number of carbonyl (C=O) groups excluding carboxylic acids is 2. The maximum atomic E-state index is 13.3. The van der Waals surface area contributed by atoms with Crippen molar-refractivity contribution in [2.24, 2.45) is 4.99 Å². The molecule has 3 rings (SSSR count). The SMILES string of the molecule is COc1cccc2c1NC(=O)C(NC(=O)CCCC(F)(F)F)N=C2c1cccc(C(F)(F)F)c1. The van der Waals surface area contributed by atoms with Gasteiger partial charge in [0.25, 0.3) is 5.91 Å². The van der Waals surface area contributed by atoms with E-state index in [0.29, 0.717) is 0 Å². The van der Waals surface area contributed by atoms with E-state index in [-0.39, 0.29) is 28.3 Å². The number of halogens is 6. The normalized spacial score (nSPS) is 16.1. The number of para-hydroxylation sites is 1. The fraction of sp³-hybridized carbons (Fsp3) is 0.318. The Morgan fingerprint density at radius 2 is 1.82 bits per heavy atom. The Balaban J connectivity index is 2.01. The number of carbonyl (C=O) groups is 2. The van der Waals surface area contributed by atoms with E-state index >= 15 is 0 Å². The zero-order valence-electron chi connectivity index (χ0n) is 17.7. The minimum Gasteiger partial charge on any atom is -0.495 e. The van der Waals surface area contributed by atoms with Gasteiger partial charge in [0.05, 0.1) is 24.1 Å². The van der Waals surface area contributed by atoms with Crippen molar-refractivity contribution < 1.29 is 40.7 Å². The molecule has 1 unspecified atom stereocenters. The number of aliphatic imine (C=N–C) groups is 1. The third kappa shape index (κ3) is 6.06. The van der Waals surface area contributed by atoms with Gasteiger partial charge in [-0.3, -0.25) is 9.59 Å². The second-order valence-electron chi connectivity index (χ2n) is 7.37. The first-order valence-electron chi connectivity index (χ1n) is 9.99. The van der Waals surface area contributed by atoms with Crippen LogP contribution in [0.5, 0.6) is 5.75 Å². The number of nitrogens with zero attached hydrogens (tertiary/aromatic N) is 1. The molecule has 2 aromatic rings. The minimum absolute atomic E-state index is 0.0112. The maximum absolute atomic E-state index is 13.3. The molecule has 1 aliphatic heterocycles. The standard InChI is InChI=1S/C22H19F6N3O3/c1-34-15-8-3-7-14-17(12-5-2-6-13(11-12)22(26,27)28)30-19(20(33)31-18(14)15)29-16(32)9-4-10-21(23,24)25/h2-3,5-8,11,19H,4,9-10H2,1H3,(H,29,32)(H,31,33). The fourth-order valence-corrected chi connectivity index (χ4v) is 3.32. The molecule has 34 heavy (non-hydrogen) atoms. The van der Waals surface area contributed by atoms with Gasteiger partial charge in [-0.2, -0.15) is 26.3 Å². The van der Waals surface area contributed by atoms with E-state index in [1.54, 1.807) is 6.07 Å². The second kappa shape index (κ2) is 9.74. The summed E-state index contributed by atoms with van der Waals surface area (Å²) in [5, 5.41) is 4.77. The maximum Gasteiger partial charge on any atom is 0.416 e. The van der Waals surface area contributed by atoms with Crippen LogP contribution in [0.1, 0.15) is 36.0 Å². The van der Waals surface area contributed by atoms with Crippen molar-refractivity contribution in [3.63, 3.8) is 0 Å². The summed E-state index contributed by atoms with van der Waals surface area (Å²) >= 11 is 0. The van der Waals surface area contributed by atoms with Gasteiger partial charge in [0, 0.05) is 24.0 Å². The van der Waals surface area contributed by atoms with Crippen LogP contribution in [0.4, 0.5) is 32.0 Å². The van der Waals surface area contributed by atoms with Crippen LogP contribution in [0.15, 0.2) is 47.5 Å². The molecular weight excluding hydrogens is 468 g/mol. The number of rotatable bonds is 6. The van der Waals surface area contributed by atoms with Gasteiger partial charge in [-0.1, -0.05) is 24.3 Å². The number of hydrogen-bond donors (Lipinski definition) is 2. The predicted octanol–water partition coefficient (Wildman–Crippen LogP) is 4.68. The number of benzene rings is 2. The molecule has 1 atom stereocenters. The predicted molar refractivity (Wildman–Crippen MR) is 111 cm³/mol. The van der Waals surface area contributed by atoms with Crippen LogP contribution in [-0.4, -0.2) is 37.0 Å². The summed E-state index contributed by atoms with van der Waals surface area (Å²) in [6.07, 6.45) is -12.9. The Kier molecular flexibility index (Phi) is 7.18. The number of hydrogen-bond acceptors (Lipinski definition) is 4. The molecule has 0 saturated heterocycles. The van der Waals surface area contributed by atoms with Crippen LogP contribution in [-0.2, 0) is 15.8 Å². The highest BCUT2D eigenvalue weighted by Crippen LogP contribution is 2.34. The monoisotopic (exact) mass is 487 g/mol. The topological polar surface area (TPSA) is 79.8 Å². The van der Waals surface area contributed by atoms with E-state index in [9.17, 15) is 35.9 Å². The summed E-state index contributed by atoms with van der Waals surface area (Å²) in [5.74, 6) is -1.51. The van der Waals surface area contributed by atoms with E-state index in [2.05, 4.69) is 15.6 Å². The van der Waals surface area contributed by atoms with Crippen LogP contribution in [0.25, 0.3) is 0 Å². The van der Waals surface area contributed by atoms with Gasteiger partial charge < -0.3 is 15.4 Å². The number of methoxy groups -OCH3 is 1. The number of ether oxygens (including phenoxy) is 1. The molecular formula is C22H19F6N3O3. The molecule has 0 aromatic heterocycles. The van der Waals surface area contributed by atoms with Crippen molar-refractivity contribution >= 4 is 23.2 Å². The fourth-order valence-electron chi connectivity index (χ4n) is 3.32. The average molecular weight is 487 g/mol. The van der Waals surface area contributed by atoms with E-state index < -0.39 is 55.2 Å². The highest BCUT2D eigenvalue weighted by Gasteiger charge is 2.33. The molecule has 2 amide bonds. The third-order valence-corrected chi connectivity index (χ3v) is 4.88. The van der Waals surface area contributed by atoms with Crippen LogP contribution >= 0.6 is 0 Å². The molecule has 0 radical (unpaired) electrons. The molecule has 0 bridgehead atoms. The lowest BCUT2D eigenvalue weighted by Crippen LogP contribution is -2.42. The summed E-state index contributed by atoms with van der Waals surface area (Å²) in [7, 11) is 1.33. The van der Waals surface area contributed by atoms with Gasteiger partial charge in [-0.15, -0.1) is 0 Å². The molecule has 0 fully saturated rings. The number of amides is 2. The molecule has 1 aliphatic rings. The molecule has 2 N–H and O–H groups in total. The highest BCUT2D eigenvalue weighted by atomic mass is 19.4. The lowest BCUT2D eigenvalue weighted by Gasteiger charge is -2.14. The van der Waals surface area contributed by atoms with Crippen LogP contribution in [0.3, 0.4) is 0 Å². The van der Waals surface area contributed by atoms with Crippen LogP contribution in [0.2, 0.25) is 0 Å². The zero-order chi connectivity index (χ0) is 25.1. The van der Waals surface area contributed by atoms with Crippen molar-refractivity contribution in [2.45, 2.75) is 37.8 Å². The van der Waals surface area contributed by atoms with Gasteiger partial charge in [-0.25, -0.2) is 4.99 Å². The Morgan fingerprint density at radius 3 is 2.47 bits per heavy atom. The molecule has 0 aliphatic carbocycles. The van der Waals surface area contributed by atoms with Gasteiger partial charge in [0.2, 0.25) is 12.1 Å². The van der Waals surface area contributed by atoms with Gasteiger partial charge in [0.1, 0.15) is 5.75 Å². The van der Waals surface area contributed by atoms with E-state index in [0.717, 1.165) is 12.1 Å². The number of nitrogens with one attached hydrogen (secondary N) is 2. The molecule has 2 aromatic carbocycles. The molecule has 1 heterocycles. The van der Waals surface area contributed by atoms with Crippen molar-refractivity contribution in [1.29, 1.82) is 0 Å². The Labute approximate surface area is 190 Å². The Morgan fingerprint density at radius 1 is 1.12 bits per heavy atom. The summed E-state index contributed by atoms with van der Waals surface area (Å²) in [5.41, 5.74) is -0.620. The van der Waals surface area contributed by atoms with Crippen molar-refractivity contribution in [3.8, 4) is 5.75 Å². The third-order valence-electron chi connectivity index (χ3n) is 4.88. The number of fused-ring (bicyclic) bond motifs is 1. The Bertz CT molecular complexity index is 1110. The minimum atomic E-state index is -4.64. The van der Waals surface area contributed by atoms with Crippen LogP contribution < -0.4 is 15.4 Å². The van der Waals surface area contributed by atoms with Gasteiger partial charge >= 0.3 is 12.4 Å². The van der Waals surface area contributed by atoms with Gasteiger partial charge in [-0.05, 0) is 24.6 Å². The molecule has 0 spiro atoms. The smallest absolute Gasteiger partial charge is 0.416 e. The number of anilines is 1. The molecule has 0 saturated carbocycles. The first-order chi connectivity index (χ1) is 15.9. The lowest BCUT2D eigenvalue weighted by atomic mass is 9.98. The summed E-state index contributed by atoms with van der Waals surface area (Å²) < 4.78 is 82.1. The quantitative estimate of drug-likeness (QED) is 0.581. The van der Waals surface area contributed by atoms with E-state index in [1.807, 2.05) is 0 Å². The average Bonchev–Trinajstić information content (AvgIpc) is 2.88. The molecule has 12 heteroatoms. The largest absolute Gasteiger partial charge is 0.495 e. The second-order valence-corrected chi connectivity index (χ2v) is 7.37.